The quantitative estimate of drug-likeness (QED) is 0.783. The molecule has 0 saturated carbocycles. The van der Waals surface area contributed by atoms with Crippen molar-refractivity contribution in [3.05, 3.63) is 41.5 Å². The van der Waals surface area contributed by atoms with Crippen molar-refractivity contribution >= 4 is 12.0 Å². The maximum Gasteiger partial charge on any atom is 0.401 e. The van der Waals surface area contributed by atoms with Gasteiger partial charge in [-0.15, -0.1) is 0 Å². The molecule has 0 aliphatic rings. The summed E-state index contributed by atoms with van der Waals surface area (Å²) in [5.41, 5.74) is 1.29. The Bertz CT molecular complexity index is 498. The Hall–Kier alpha value is -1.82. The predicted molar refractivity (Wildman–Crippen MR) is 74.7 cm³/mol. The molecule has 1 N–H and O–H groups in total. The number of carboxylic acid groups (broad SMARTS) is 1. The SMILES string of the molecule is CCCN(Cc1ccccc1C=CC(=O)O)CC(F)(F)F. The Morgan fingerprint density at radius 1 is 1.33 bits per heavy atom. The average molecular weight is 301 g/mol. The lowest BCUT2D eigenvalue weighted by atomic mass is 10.1. The molecule has 116 valence electrons. The molecule has 21 heavy (non-hydrogen) atoms. The van der Waals surface area contributed by atoms with E-state index >= 15 is 0 Å². The number of alkyl halides is 3. The largest absolute Gasteiger partial charge is 0.478 e. The molecule has 0 unspecified atom stereocenters. The second-order valence-electron chi connectivity index (χ2n) is 4.70. The monoisotopic (exact) mass is 301 g/mol. The van der Waals surface area contributed by atoms with Gasteiger partial charge in [0.1, 0.15) is 0 Å². The molecular weight excluding hydrogens is 283 g/mol. The molecule has 0 bridgehead atoms. The van der Waals surface area contributed by atoms with E-state index in [2.05, 4.69) is 0 Å². The van der Waals surface area contributed by atoms with E-state index < -0.39 is 18.7 Å². The molecule has 6 heteroatoms. The summed E-state index contributed by atoms with van der Waals surface area (Å²) in [6, 6.07) is 6.84. The van der Waals surface area contributed by atoms with E-state index in [1.807, 2.05) is 6.92 Å². The van der Waals surface area contributed by atoms with Crippen LogP contribution in [0.4, 0.5) is 13.2 Å². The number of carbonyl (C=O) groups is 1. The number of aliphatic carboxylic acids is 1. The molecule has 0 aliphatic heterocycles. The Morgan fingerprint density at radius 2 is 2.00 bits per heavy atom. The van der Waals surface area contributed by atoms with E-state index in [0.29, 0.717) is 24.1 Å². The lowest BCUT2D eigenvalue weighted by Crippen LogP contribution is -2.34. The molecule has 1 aromatic carbocycles. The molecule has 1 rings (SSSR count). The summed E-state index contributed by atoms with van der Waals surface area (Å²) < 4.78 is 37.7. The molecular formula is C15H18F3NO2. The summed E-state index contributed by atoms with van der Waals surface area (Å²) in [5, 5.41) is 8.64. The highest BCUT2D eigenvalue weighted by molar-refractivity contribution is 5.85. The van der Waals surface area contributed by atoms with Crippen LogP contribution in [0.2, 0.25) is 0 Å². The third-order valence-electron chi connectivity index (χ3n) is 2.80. The fraction of sp³-hybridized carbons (Fsp3) is 0.400. The maximum atomic E-state index is 12.6. The number of hydrogen-bond donors (Lipinski definition) is 1. The molecule has 1 aromatic rings. The zero-order valence-electron chi connectivity index (χ0n) is 11.7. The summed E-state index contributed by atoms with van der Waals surface area (Å²) in [7, 11) is 0. The van der Waals surface area contributed by atoms with Gasteiger partial charge in [-0.05, 0) is 30.2 Å². The molecule has 0 fully saturated rings. The van der Waals surface area contributed by atoms with E-state index in [4.69, 9.17) is 5.11 Å². The fourth-order valence-electron chi connectivity index (χ4n) is 2.03. The van der Waals surface area contributed by atoms with E-state index in [1.165, 1.54) is 11.0 Å². The third kappa shape index (κ3) is 6.94. The van der Waals surface area contributed by atoms with Gasteiger partial charge in [-0.2, -0.15) is 13.2 Å². The van der Waals surface area contributed by atoms with Crippen molar-refractivity contribution in [1.29, 1.82) is 0 Å². The van der Waals surface area contributed by atoms with Crippen LogP contribution in [0, 0.1) is 0 Å². The first kappa shape index (κ1) is 17.2. The zero-order valence-corrected chi connectivity index (χ0v) is 11.7. The van der Waals surface area contributed by atoms with Gasteiger partial charge in [0.2, 0.25) is 0 Å². The van der Waals surface area contributed by atoms with Crippen molar-refractivity contribution in [3.8, 4) is 0 Å². The van der Waals surface area contributed by atoms with Crippen LogP contribution in [0.5, 0.6) is 0 Å². The van der Waals surface area contributed by atoms with Crippen molar-refractivity contribution in [3.63, 3.8) is 0 Å². The van der Waals surface area contributed by atoms with Gasteiger partial charge in [0.15, 0.2) is 0 Å². The van der Waals surface area contributed by atoms with E-state index in [0.717, 1.165) is 6.08 Å². The van der Waals surface area contributed by atoms with Crippen LogP contribution in [0.25, 0.3) is 6.08 Å². The van der Waals surface area contributed by atoms with Crippen molar-refractivity contribution in [2.24, 2.45) is 0 Å². The average Bonchev–Trinajstić information content (AvgIpc) is 2.36. The van der Waals surface area contributed by atoms with Crippen LogP contribution in [0.15, 0.2) is 30.3 Å². The standard InChI is InChI=1S/C15H18F3NO2/c1-2-9-19(11-15(16,17)18)10-13-6-4-3-5-12(13)7-8-14(20)21/h3-8H,2,9-11H2,1H3,(H,20,21). The highest BCUT2D eigenvalue weighted by Crippen LogP contribution is 2.20. The van der Waals surface area contributed by atoms with Crippen LogP contribution in [-0.4, -0.2) is 35.2 Å². The molecule has 0 spiro atoms. The molecule has 0 aromatic heterocycles. The summed E-state index contributed by atoms with van der Waals surface area (Å²) in [5.74, 6) is -1.09. The fourth-order valence-corrected chi connectivity index (χ4v) is 2.03. The Balaban J connectivity index is 2.90. The maximum absolute atomic E-state index is 12.6. The number of nitrogens with zero attached hydrogens (tertiary/aromatic N) is 1. The van der Waals surface area contributed by atoms with Gasteiger partial charge in [-0.1, -0.05) is 31.2 Å². The first-order valence-electron chi connectivity index (χ1n) is 6.60. The normalized spacial score (nSPS) is 12.2. The van der Waals surface area contributed by atoms with Crippen molar-refractivity contribution < 1.29 is 23.1 Å². The number of carboxylic acids is 1. The van der Waals surface area contributed by atoms with E-state index in [1.54, 1.807) is 24.3 Å². The van der Waals surface area contributed by atoms with Gasteiger partial charge in [-0.25, -0.2) is 4.79 Å². The first-order valence-corrected chi connectivity index (χ1v) is 6.60. The van der Waals surface area contributed by atoms with Crippen molar-refractivity contribution in [2.75, 3.05) is 13.1 Å². The van der Waals surface area contributed by atoms with Crippen molar-refractivity contribution in [2.45, 2.75) is 26.1 Å². The van der Waals surface area contributed by atoms with Crippen LogP contribution < -0.4 is 0 Å². The van der Waals surface area contributed by atoms with Crippen LogP contribution in [0.1, 0.15) is 24.5 Å². The second-order valence-corrected chi connectivity index (χ2v) is 4.70. The summed E-state index contributed by atoms with van der Waals surface area (Å²) in [6.45, 7) is 1.31. The Morgan fingerprint density at radius 3 is 2.57 bits per heavy atom. The van der Waals surface area contributed by atoms with Gasteiger partial charge < -0.3 is 5.11 Å². The minimum atomic E-state index is -4.25. The predicted octanol–water partition coefficient (Wildman–Crippen LogP) is 3.56. The third-order valence-corrected chi connectivity index (χ3v) is 2.80. The molecule has 0 atom stereocenters. The zero-order chi connectivity index (χ0) is 15.9. The smallest absolute Gasteiger partial charge is 0.401 e. The van der Waals surface area contributed by atoms with Crippen molar-refractivity contribution in [1.82, 2.24) is 4.90 Å². The molecule has 0 saturated heterocycles. The minimum absolute atomic E-state index is 0.132. The van der Waals surface area contributed by atoms with E-state index in [-0.39, 0.29) is 6.54 Å². The molecule has 0 radical (unpaired) electrons. The summed E-state index contributed by atoms with van der Waals surface area (Å²) in [4.78, 5) is 11.9. The van der Waals surface area contributed by atoms with E-state index in [9.17, 15) is 18.0 Å². The topological polar surface area (TPSA) is 40.5 Å². The lowest BCUT2D eigenvalue weighted by Gasteiger charge is -2.23. The van der Waals surface area contributed by atoms with Crippen LogP contribution in [0.3, 0.4) is 0 Å². The minimum Gasteiger partial charge on any atom is -0.478 e. The highest BCUT2D eigenvalue weighted by atomic mass is 19.4. The van der Waals surface area contributed by atoms with Gasteiger partial charge in [0, 0.05) is 12.6 Å². The highest BCUT2D eigenvalue weighted by Gasteiger charge is 2.30. The molecule has 0 amide bonds. The number of rotatable bonds is 7. The van der Waals surface area contributed by atoms with Gasteiger partial charge in [0.25, 0.3) is 0 Å². The second kappa shape index (κ2) is 7.83. The Kier molecular flexibility index (Phi) is 6.42. The van der Waals surface area contributed by atoms with Gasteiger partial charge in [0.05, 0.1) is 6.54 Å². The lowest BCUT2D eigenvalue weighted by molar-refractivity contribution is -0.147. The van der Waals surface area contributed by atoms with Crippen LogP contribution >= 0.6 is 0 Å². The van der Waals surface area contributed by atoms with Gasteiger partial charge in [-0.3, -0.25) is 4.90 Å². The first-order chi connectivity index (χ1) is 9.81. The molecule has 0 heterocycles. The van der Waals surface area contributed by atoms with Gasteiger partial charge >= 0.3 is 12.1 Å². The number of halogens is 3. The molecule has 3 nitrogen and oxygen atoms in total. The molecule has 0 aliphatic carbocycles. The van der Waals surface area contributed by atoms with Crippen LogP contribution in [-0.2, 0) is 11.3 Å². The summed E-state index contributed by atoms with van der Waals surface area (Å²) in [6.07, 6.45) is -1.26. The Labute approximate surface area is 121 Å². The number of benzene rings is 1. The number of hydrogen-bond acceptors (Lipinski definition) is 2. The summed E-state index contributed by atoms with van der Waals surface area (Å²) >= 11 is 0.